The molecule has 0 spiro atoms. The quantitative estimate of drug-likeness (QED) is 0.817. The van der Waals surface area contributed by atoms with Gasteiger partial charge in [-0.25, -0.2) is 0 Å². The number of hydrogen-bond donors (Lipinski definition) is 1. The molecule has 4 nitrogen and oxygen atoms in total. The first-order valence-electron chi connectivity index (χ1n) is 4.78. The second-order valence-corrected chi connectivity index (χ2v) is 3.11. The topological polar surface area (TPSA) is 60.0 Å². The van der Waals surface area contributed by atoms with Gasteiger partial charge in [0.25, 0.3) is 0 Å². The molecule has 1 aromatic rings. The van der Waals surface area contributed by atoms with Gasteiger partial charge in [0, 0.05) is 5.56 Å². The van der Waals surface area contributed by atoms with Crippen LogP contribution < -0.4 is 10.5 Å². The first-order chi connectivity index (χ1) is 7.29. The van der Waals surface area contributed by atoms with E-state index in [1.165, 1.54) is 0 Å². The second-order valence-electron chi connectivity index (χ2n) is 3.11. The van der Waals surface area contributed by atoms with E-state index < -0.39 is 0 Å². The van der Waals surface area contributed by atoms with E-state index >= 15 is 0 Å². The van der Waals surface area contributed by atoms with Gasteiger partial charge >= 0.3 is 0 Å². The van der Waals surface area contributed by atoms with Gasteiger partial charge in [0.2, 0.25) is 0 Å². The molecule has 0 unspecified atom stereocenters. The van der Waals surface area contributed by atoms with Gasteiger partial charge in [0.15, 0.2) is 6.17 Å². The van der Waals surface area contributed by atoms with Gasteiger partial charge in [-0.1, -0.05) is 0 Å². The summed E-state index contributed by atoms with van der Waals surface area (Å²) in [5.74, 6) is 0.855. The lowest BCUT2D eigenvalue weighted by Crippen LogP contribution is -1.98. The fourth-order valence-electron chi connectivity index (χ4n) is 1.34. The van der Waals surface area contributed by atoms with Crippen LogP contribution in [0.25, 0.3) is 5.70 Å². The first-order valence-corrected chi connectivity index (χ1v) is 4.78. The molecule has 2 N–H and O–H groups in total. The van der Waals surface area contributed by atoms with Gasteiger partial charge in [-0.15, -0.1) is 0 Å². The van der Waals surface area contributed by atoms with Crippen LogP contribution in [0.1, 0.15) is 12.5 Å². The third-order valence-electron chi connectivity index (χ3n) is 2.02. The summed E-state index contributed by atoms with van der Waals surface area (Å²) in [7, 11) is 0. The van der Waals surface area contributed by atoms with Crippen LogP contribution in [0.2, 0.25) is 0 Å². The lowest BCUT2D eigenvalue weighted by molar-refractivity contribution is 0.340. The average molecular weight is 202 g/mol. The minimum absolute atomic E-state index is 0.443. The lowest BCUT2D eigenvalue weighted by Gasteiger charge is -2.03. The Kier molecular flexibility index (Phi) is 2.78. The number of benzene rings is 1. The molecule has 77 valence electrons. The summed E-state index contributed by atoms with van der Waals surface area (Å²) in [5.41, 5.74) is 7.27. The third kappa shape index (κ3) is 2.22. The first kappa shape index (κ1) is 9.86. The molecule has 1 aliphatic rings. The van der Waals surface area contributed by atoms with Crippen molar-refractivity contribution < 1.29 is 4.74 Å². The van der Waals surface area contributed by atoms with Gasteiger partial charge in [-0.05, 0) is 37.3 Å². The van der Waals surface area contributed by atoms with Gasteiger partial charge < -0.3 is 4.74 Å². The van der Waals surface area contributed by atoms with E-state index in [2.05, 4.69) is 10.2 Å². The van der Waals surface area contributed by atoms with Crippen molar-refractivity contribution in [2.24, 2.45) is 16.0 Å². The summed E-state index contributed by atoms with van der Waals surface area (Å²) in [5, 5.41) is 7.69. The standard InChI is InChI=1S/C11H12N3O/c1-2-15-9-5-3-8(4-6-9)10-7-11(12)14-13-10/h3-7H,2,12H2,1H3. The van der Waals surface area contributed by atoms with Crippen LogP contribution in [0, 0.1) is 6.17 Å². The van der Waals surface area contributed by atoms with E-state index in [9.17, 15) is 0 Å². The molecular formula is C11H12N3O. The summed E-state index contributed by atoms with van der Waals surface area (Å²) in [6.07, 6.45) is 2.19. The number of nitrogens with zero attached hydrogens (tertiary/aromatic N) is 2. The Morgan fingerprint density at radius 3 is 2.47 bits per heavy atom. The number of azo groups is 1. The van der Waals surface area contributed by atoms with Crippen molar-refractivity contribution in [1.82, 2.24) is 0 Å². The maximum Gasteiger partial charge on any atom is 0.194 e. The minimum Gasteiger partial charge on any atom is -0.494 e. The van der Waals surface area contributed by atoms with E-state index in [1.807, 2.05) is 31.2 Å². The van der Waals surface area contributed by atoms with Crippen molar-refractivity contribution in [3.63, 3.8) is 0 Å². The average Bonchev–Trinajstić information content (AvgIpc) is 2.67. The van der Waals surface area contributed by atoms with Crippen LogP contribution in [0.3, 0.4) is 0 Å². The summed E-state index contributed by atoms with van der Waals surface area (Å²) in [6, 6.07) is 7.69. The van der Waals surface area contributed by atoms with E-state index in [4.69, 9.17) is 10.5 Å². The third-order valence-corrected chi connectivity index (χ3v) is 2.02. The van der Waals surface area contributed by atoms with Gasteiger partial charge in [-0.2, -0.15) is 10.2 Å². The van der Waals surface area contributed by atoms with Crippen molar-refractivity contribution in [3.05, 3.63) is 42.1 Å². The van der Waals surface area contributed by atoms with Crippen molar-refractivity contribution in [2.75, 3.05) is 6.61 Å². The van der Waals surface area contributed by atoms with E-state index in [0.717, 1.165) is 17.0 Å². The zero-order valence-electron chi connectivity index (χ0n) is 8.47. The van der Waals surface area contributed by atoms with Crippen molar-refractivity contribution in [1.29, 1.82) is 0 Å². The highest BCUT2D eigenvalue weighted by Gasteiger charge is 2.10. The summed E-state index contributed by atoms with van der Waals surface area (Å²) < 4.78 is 5.34. The Labute approximate surface area is 88.5 Å². The molecule has 0 bridgehead atoms. The van der Waals surface area contributed by atoms with Crippen molar-refractivity contribution >= 4 is 5.70 Å². The van der Waals surface area contributed by atoms with Gasteiger partial charge in [0.05, 0.1) is 12.3 Å². The largest absolute Gasteiger partial charge is 0.494 e. The SMILES string of the molecule is CCOc1ccc(C2=C[C](N)N=N2)cc1. The van der Waals surface area contributed by atoms with Crippen LogP contribution >= 0.6 is 0 Å². The molecule has 0 atom stereocenters. The Morgan fingerprint density at radius 1 is 1.20 bits per heavy atom. The predicted octanol–water partition coefficient (Wildman–Crippen LogP) is 2.34. The summed E-state index contributed by atoms with van der Waals surface area (Å²) in [6.45, 7) is 2.62. The molecule has 1 radical (unpaired) electrons. The van der Waals surface area contributed by atoms with E-state index in [-0.39, 0.29) is 0 Å². The number of rotatable bonds is 3. The molecule has 1 aliphatic heterocycles. The monoisotopic (exact) mass is 202 g/mol. The Morgan fingerprint density at radius 2 is 1.93 bits per heavy atom. The molecule has 0 aromatic heterocycles. The van der Waals surface area contributed by atoms with Crippen LogP contribution in [0.5, 0.6) is 5.75 Å². The Hall–Kier alpha value is -1.68. The zero-order chi connectivity index (χ0) is 10.7. The number of ether oxygens (including phenoxy) is 1. The normalized spacial score (nSPS) is 15.5. The van der Waals surface area contributed by atoms with Crippen molar-refractivity contribution in [3.8, 4) is 5.75 Å². The molecule has 4 heteroatoms. The maximum absolute atomic E-state index is 5.50. The molecule has 1 heterocycles. The molecular weight excluding hydrogens is 190 g/mol. The van der Waals surface area contributed by atoms with Crippen LogP contribution in [-0.2, 0) is 0 Å². The summed E-state index contributed by atoms with van der Waals surface area (Å²) in [4.78, 5) is 0. The molecule has 0 amide bonds. The maximum atomic E-state index is 5.50. The molecule has 0 saturated carbocycles. The minimum atomic E-state index is 0.443. The highest BCUT2D eigenvalue weighted by atomic mass is 16.5. The Balaban J connectivity index is 2.17. The van der Waals surface area contributed by atoms with E-state index in [0.29, 0.717) is 12.8 Å². The van der Waals surface area contributed by atoms with E-state index in [1.54, 1.807) is 6.08 Å². The molecule has 2 rings (SSSR count). The summed E-state index contributed by atoms with van der Waals surface area (Å²) >= 11 is 0. The number of nitrogens with two attached hydrogens (primary N) is 1. The molecule has 0 aliphatic carbocycles. The number of hydrogen-bond acceptors (Lipinski definition) is 4. The molecule has 1 aromatic carbocycles. The predicted molar refractivity (Wildman–Crippen MR) is 57.9 cm³/mol. The van der Waals surface area contributed by atoms with Crippen molar-refractivity contribution in [2.45, 2.75) is 6.92 Å². The van der Waals surface area contributed by atoms with Gasteiger partial charge in [0.1, 0.15) is 5.75 Å². The lowest BCUT2D eigenvalue weighted by atomic mass is 10.1. The molecule has 0 saturated heterocycles. The van der Waals surface area contributed by atoms with Crippen LogP contribution in [-0.4, -0.2) is 6.61 Å². The highest BCUT2D eigenvalue weighted by molar-refractivity contribution is 5.67. The smallest absolute Gasteiger partial charge is 0.194 e. The molecule has 15 heavy (non-hydrogen) atoms. The Bertz CT molecular complexity index is 395. The zero-order valence-corrected chi connectivity index (χ0v) is 8.47. The second kappa shape index (κ2) is 4.23. The highest BCUT2D eigenvalue weighted by Crippen LogP contribution is 2.25. The van der Waals surface area contributed by atoms with Gasteiger partial charge in [-0.3, -0.25) is 5.73 Å². The molecule has 0 fully saturated rings. The van der Waals surface area contributed by atoms with Crippen LogP contribution in [0.15, 0.2) is 40.6 Å². The fourth-order valence-corrected chi connectivity index (χ4v) is 1.34. The fraction of sp³-hybridized carbons (Fsp3) is 0.182. The van der Waals surface area contributed by atoms with Crippen LogP contribution in [0.4, 0.5) is 0 Å².